The number of nitrogens with one attached hydrogen (secondary N) is 1. The van der Waals surface area contributed by atoms with Crippen LogP contribution in [0.15, 0.2) is 12.7 Å². The quantitative estimate of drug-likeness (QED) is 0.901. The summed E-state index contributed by atoms with van der Waals surface area (Å²) >= 11 is 0. The summed E-state index contributed by atoms with van der Waals surface area (Å²) in [5.74, 6) is 4.15. The highest BCUT2D eigenvalue weighted by molar-refractivity contribution is 5.05. The summed E-state index contributed by atoms with van der Waals surface area (Å²) in [6.07, 6.45) is 10.9. The summed E-state index contributed by atoms with van der Waals surface area (Å²) in [7, 11) is 0. The molecule has 2 bridgehead atoms. The van der Waals surface area contributed by atoms with Crippen LogP contribution >= 0.6 is 0 Å². The van der Waals surface area contributed by atoms with E-state index in [4.69, 9.17) is 0 Å². The van der Waals surface area contributed by atoms with Crippen LogP contribution in [0.5, 0.6) is 0 Å². The van der Waals surface area contributed by atoms with Crippen molar-refractivity contribution in [2.75, 3.05) is 0 Å². The zero-order chi connectivity index (χ0) is 12.8. The number of rotatable bonds is 4. The van der Waals surface area contributed by atoms with Gasteiger partial charge in [0.05, 0.1) is 6.54 Å². The van der Waals surface area contributed by atoms with Crippen LogP contribution in [0.3, 0.4) is 0 Å². The molecule has 3 saturated carbocycles. The number of aromatic nitrogens is 3. The van der Waals surface area contributed by atoms with Crippen LogP contribution in [0.2, 0.25) is 0 Å². The number of hydrogen-bond donors (Lipinski definition) is 1. The van der Waals surface area contributed by atoms with Gasteiger partial charge < -0.3 is 5.32 Å². The highest BCUT2D eigenvalue weighted by Gasteiger charge is 2.53. The van der Waals surface area contributed by atoms with Gasteiger partial charge in [0.25, 0.3) is 0 Å². The van der Waals surface area contributed by atoms with Crippen molar-refractivity contribution in [1.82, 2.24) is 20.1 Å². The number of hydrogen-bond acceptors (Lipinski definition) is 3. The summed E-state index contributed by atoms with van der Waals surface area (Å²) in [5.41, 5.74) is 0. The van der Waals surface area contributed by atoms with Crippen molar-refractivity contribution in [3.05, 3.63) is 12.7 Å². The average molecular weight is 260 g/mol. The van der Waals surface area contributed by atoms with Gasteiger partial charge in [-0.15, -0.1) is 0 Å². The van der Waals surface area contributed by atoms with Crippen molar-refractivity contribution in [3.63, 3.8) is 0 Å². The van der Waals surface area contributed by atoms with E-state index in [0.717, 1.165) is 36.3 Å². The monoisotopic (exact) mass is 260 g/mol. The molecule has 6 atom stereocenters. The minimum Gasteiger partial charge on any atom is -0.309 e. The molecule has 0 spiro atoms. The Labute approximate surface area is 115 Å². The van der Waals surface area contributed by atoms with Crippen LogP contribution in [0.25, 0.3) is 0 Å². The van der Waals surface area contributed by atoms with E-state index in [1.807, 2.05) is 11.0 Å². The number of nitrogens with zero attached hydrogens (tertiary/aromatic N) is 3. The molecule has 4 nitrogen and oxygen atoms in total. The Morgan fingerprint density at radius 1 is 1.26 bits per heavy atom. The highest BCUT2D eigenvalue weighted by Crippen LogP contribution is 2.58. The topological polar surface area (TPSA) is 42.7 Å². The molecule has 3 aliphatic carbocycles. The molecule has 4 heteroatoms. The Bertz CT molecular complexity index is 429. The minimum atomic E-state index is 0.492. The molecule has 0 unspecified atom stereocenters. The molecule has 3 aliphatic rings. The maximum Gasteiger partial charge on any atom is 0.137 e. The van der Waals surface area contributed by atoms with E-state index in [-0.39, 0.29) is 0 Å². The zero-order valence-corrected chi connectivity index (χ0v) is 11.7. The largest absolute Gasteiger partial charge is 0.309 e. The molecule has 0 aromatic carbocycles. The van der Waals surface area contributed by atoms with E-state index in [1.165, 1.54) is 32.1 Å². The number of fused-ring (bicyclic) bond motifs is 5. The summed E-state index contributed by atoms with van der Waals surface area (Å²) in [4.78, 5) is 4.01. The molecule has 1 N–H and O–H groups in total. The first-order chi connectivity index (χ1) is 9.31. The van der Waals surface area contributed by atoms with Gasteiger partial charge in [0.1, 0.15) is 12.7 Å². The lowest BCUT2D eigenvalue weighted by atomic mass is 9.79. The molecule has 1 aromatic heterocycles. The first-order valence-electron chi connectivity index (χ1n) is 7.89. The van der Waals surface area contributed by atoms with Crippen molar-refractivity contribution in [2.24, 2.45) is 23.7 Å². The molecule has 104 valence electrons. The second-order valence-corrected chi connectivity index (χ2v) is 6.95. The predicted octanol–water partition coefficient (Wildman–Crippen LogP) is 2.08. The Morgan fingerprint density at radius 2 is 2.16 bits per heavy atom. The third-order valence-electron chi connectivity index (χ3n) is 5.85. The van der Waals surface area contributed by atoms with Gasteiger partial charge >= 0.3 is 0 Å². The fourth-order valence-corrected chi connectivity index (χ4v) is 5.29. The standard InChI is InChI=1S/C15H24N4/c1-10(7-19-9-16-8-17-19)18-15-6-11-5-14(15)13-4-2-3-12(11)13/h8-15,18H,2-7H2,1H3/t10-,11-,12+,13+,14+,15-/m1/s1. The molecule has 1 heterocycles. The van der Waals surface area contributed by atoms with Gasteiger partial charge in [-0.3, -0.25) is 4.68 Å². The third kappa shape index (κ3) is 2.00. The summed E-state index contributed by atoms with van der Waals surface area (Å²) in [5, 5.41) is 8.07. The van der Waals surface area contributed by atoms with Crippen LogP contribution in [0, 0.1) is 23.7 Å². The molecule has 1 aromatic rings. The Balaban J connectivity index is 1.37. The second-order valence-electron chi connectivity index (χ2n) is 6.95. The summed E-state index contributed by atoms with van der Waals surface area (Å²) < 4.78 is 1.93. The van der Waals surface area contributed by atoms with Gasteiger partial charge in [-0.25, -0.2) is 4.98 Å². The van der Waals surface area contributed by atoms with Crippen LogP contribution in [0.1, 0.15) is 39.0 Å². The van der Waals surface area contributed by atoms with Gasteiger partial charge in [0, 0.05) is 12.1 Å². The summed E-state index contributed by atoms with van der Waals surface area (Å²) in [6.45, 7) is 3.21. The van der Waals surface area contributed by atoms with Gasteiger partial charge in [-0.05, 0) is 56.3 Å². The van der Waals surface area contributed by atoms with Crippen molar-refractivity contribution in [3.8, 4) is 0 Å². The molecule has 3 fully saturated rings. The zero-order valence-electron chi connectivity index (χ0n) is 11.7. The molecule has 19 heavy (non-hydrogen) atoms. The highest BCUT2D eigenvalue weighted by atomic mass is 15.3. The van der Waals surface area contributed by atoms with Gasteiger partial charge in [0.2, 0.25) is 0 Å². The molecular formula is C15H24N4. The predicted molar refractivity (Wildman–Crippen MR) is 73.5 cm³/mol. The Kier molecular flexibility index (Phi) is 2.87. The smallest absolute Gasteiger partial charge is 0.137 e. The second kappa shape index (κ2) is 4.58. The van der Waals surface area contributed by atoms with E-state index in [0.29, 0.717) is 6.04 Å². The fraction of sp³-hybridized carbons (Fsp3) is 0.867. The Morgan fingerprint density at radius 3 is 3.00 bits per heavy atom. The lowest BCUT2D eigenvalue weighted by molar-refractivity contribution is 0.195. The van der Waals surface area contributed by atoms with Crippen molar-refractivity contribution in [2.45, 2.75) is 57.7 Å². The maximum absolute atomic E-state index is 4.20. The normalized spacial score (nSPS) is 41.6. The lowest BCUT2D eigenvalue weighted by Crippen LogP contribution is -2.45. The van der Waals surface area contributed by atoms with E-state index < -0.39 is 0 Å². The molecular weight excluding hydrogens is 236 g/mol. The van der Waals surface area contributed by atoms with Crippen molar-refractivity contribution < 1.29 is 0 Å². The van der Waals surface area contributed by atoms with Crippen LogP contribution in [-0.2, 0) is 6.54 Å². The molecule has 0 saturated heterocycles. The van der Waals surface area contributed by atoms with E-state index >= 15 is 0 Å². The minimum absolute atomic E-state index is 0.492. The van der Waals surface area contributed by atoms with E-state index in [2.05, 4.69) is 22.3 Å². The van der Waals surface area contributed by atoms with Crippen LogP contribution in [-0.4, -0.2) is 26.8 Å². The van der Waals surface area contributed by atoms with Gasteiger partial charge in [0.15, 0.2) is 0 Å². The lowest BCUT2D eigenvalue weighted by Gasteiger charge is -2.34. The van der Waals surface area contributed by atoms with E-state index in [9.17, 15) is 0 Å². The Hall–Kier alpha value is -0.900. The molecule has 0 aliphatic heterocycles. The average Bonchev–Trinajstić information content (AvgIpc) is 3.10. The molecule has 4 rings (SSSR count). The van der Waals surface area contributed by atoms with E-state index in [1.54, 1.807) is 6.33 Å². The van der Waals surface area contributed by atoms with Crippen molar-refractivity contribution >= 4 is 0 Å². The summed E-state index contributed by atoms with van der Waals surface area (Å²) in [6, 6.07) is 1.26. The van der Waals surface area contributed by atoms with Crippen LogP contribution in [0.4, 0.5) is 0 Å². The van der Waals surface area contributed by atoms with Gasteiger partial charge in [-0.2, -0.15) is 5.10 Å². The van der Waals surface area contributed by atoms with Crippen molar-refractivity contribution in [1.29, 1.82) is 0 Å². The third-order valence-corrected chi connectivity index (χ3v) is 5.85. The first-order valence-corrected chi connectivity index (χ1v) is 7.89. The SMILES string of the molecule is C[C@H](Cn1cncn1)N[C@@H]1C[C@H]2C[C@H]1[C@H]1CCC[C@@H]21. The molecule has 0 radical (unpaired) electrons. The van der Waals surface area contributed by atoms with Gasteiger partial charge in [-0.1, -0.05) is 6.42 Å². The maximum atomic E-state index is 4.20. The molecule has 0 amide bonds. The first kappa shape index (κ1) is 11.9. The fourth-order valence-electron chi connectivity index (χ4n) is 5.29. The van der Waals surface area contributed by atoms with Crippen LogP contribution < -0.4 is 5.32 Å².